The van der Waals surface area contributed by atoms with Crippen molar-refractivity contribution in [3.63, 3.8) is 0 Å². The Kier molecular flexibility index (Phi) is 6.82. The molecule has 0 aliphatic carbocycles. The highest BCUT2D eigenvalue weighted by Crippen LogP contribution is 2.31. The number of aldehydes is 1. The maximum atomic E-state index is 11.4. The quantitative estimate of drug-likeness (QED) is 0.321. The fourth-order valence-corrected chi connectivity index (χ4v) is 2.54. The van der Waals surface area contributed by atoms with E-state index in [2.05, 4.69) is 12.6 Å². The standard InChI is InChI=1S/C13H18O8S/c1-6(15)18-5-10-11(19-7(2)16)9(4-14)12(13(22)21-10)20-8(3)17/h4,9-13,22H,5H2,1-3H3. The molecule has 1 fully saturated rings. The van der Waals surface area contributed by atoms with Crippen LogP contribution < -0.4 is 0 Å². The van der Waals surface area contributed by atoms with Crippen molar-refractivity contribution in [1.82, 2.24) is 0 Å². The average Bonchev–Trinajstić information content (AvgIpc) is 2.39. The summed E-state index contributed by atoms with van der Waals surface area (Å²) in [5.74, 6) is -2.80. The summed E-state index contributed by atoms with van der Waals surface area (Å²) in [6.45, 7) is 3.33. The van der Waals surface area contributed by atoms with Gasteiger partial charge in [-0.3, -0.25) is 14.4 Å². The van der Waals surface area contributed by atoms with Crippen molar-refractivity contribution in [1.29, 1.82) is 0 Å². The molecule has 0 radical (unpaired) electrons. The minimum absolute atomic E-state index is 0.221. The molecule has 22 heavy (non-hydrogen) atoms. The molecule has 1 aliphatic heterocycles. The van der Waals surface area contributed by atoms with E-state index < -0.39 is 47.6 Å². The van der Waals surface area contributed by atoms with Crippen molar-refractivity contribution in [2.75, 3.05) is 6.61 Å². The van der Waals surface area contributed by atoms with Gasteiger partial charge < -0.3 is 23.7 Å². The van der Waals surface area contributed by atoms with Crippen LogP contribution in [0.3, 0.4) is 0 Å². The van der Waals surface area contributed by atoms with Crippen LogP contribution in [0.15, 0.2) is 0 Å². The minimum Gasteiger partial charge on any atom is -0.463 e. The Morgan fingerprint density at radius 2 is 1.59 bits per heavy atom. The van der Waals surface area contributed by atoms with Gasteiger partial charge in [0.15, 0.2) is 6.10 Å². The molecule has 0 aromatic heterocycles. The lowest BCUT2D eigenvalue weighted by Crippen LogP contribution is -2.57. The molecule has 1 aliphatic rings. The molecule has 5 atom stereocenters. The van der Waals surface area contributed by atoms with Crippen molar-refractivity contribution in [3.05, 3.63) is 0 Å². The third kappa shape index (κ3) is 4.99. The Morgan fingerprint density at radius 1 is 1.05 bits per heavy atom. The lowest BCUT2D eigenvalue weighted by Gasteiger charge is -2.41. The molecule has 1 rings (SSSR count). The maximum Gasteiger partial charge on any atom is 0.303 e. The molecule has 1 heterocycles. The van der Waals surface area contributed by atoms with E-state index in [0.717, 1.165) is 0 Å². The van der Waals surface area contributed by atoms with Crippen molar-refractivity contribution in [2.45, 2.75) is 44.5 Å². The van der Waals surface area contributed by atoms with Crippen LogP contribution in [0.25, 0.3) is 0 Å². The number of rotatable bonds is 5. The SMILES string of the molecule is CC(=O)OCC1OC(S)C(OC(C)=O)C(C=O)C1OC(C)=O. The van der Waals surface area contributed by atoms with Crippen LogP contribution in [0.4, 0.5) is 0 Å². The second-order valence-electron chi connectivity index (χ2n) is 4.73. The molecule has 0 saturated carbocycles. The summed E-state index contributed by atoms with van der Waals surface area (Å²) in [6.07, 6.45) is -2.45. The highest BCUT2D eigenvalue weighted by Gasteiger charge is 2.48. The molecule has 0 spiro atoms. The molecular weight excluding hydrogens is 316 g/mol. The van der Waals surface area contributed by atoms with Gasteiger partial charge in [-0.25, -0.2) is 0 Å². The van der Waals surface area contributed by atoms with Crippen LogP contribution in [0.5, 0.6) is 0 Å². The summed E-state index contributed by atoms with van der Waals surface area (Å²) in [6, 6.07) is 0. The highest BCUT2D eigenvalue weighted by molar-refractivity contribution is 7.80. The number of thiol groups is 1. The van der Waals surface area contributed by atoms with Crippen LogP contribution in [0.2, 0.25) is 0 Å². The molecule has 1 saturated heterocycles. The van der Waals surface area contributed by atoms with Gasteiger partial charge in [-0.15, -0.1) is 12.6 Å². The number of hydrogen-bond acceptors (Lipinski definition) is 9. The second-order valence-corrected chi connectivity index (χ2v) is 5.24. The van der Waals surface area contributed by atoms with E-state index in [0.29, 0.717) is 6.29 Å². The first-order chi connectivity index (χ1) is 10.3. The number of esters is 3. The zero-order chi connectivity index (χ0) is 16.9. The number of hydrogen-bond donors (Lipinski definition) is 1. The molecular formula is C13H18O8S. The van der Waals surface area contributed by atoms with Gasteiger partial charge in [0.1, 0.15) is 30.5 Å². The third-order valence-corrected chi connectivity index (χ3v) is 3.35. The Bertz CT molecular complexity index is 451. The maximum absolute atomic E-state index is 11.4. The van der Waals surface area contributed by atoms with Crippen LogP contribution >= 0.6 is 12.6 Å². The predicted octanol–water partition coefficient (Wildman–Crippen LogP) is -0.117. The van der Waals surface area contributed by atoms with E-state index >= 15 is 0 Å². The van der Waals surface area contributed by atoms with Gasteiger partial charge in [-0.2, -0.15) is 0 Å². The van der Waals surface area contributed by atoms with E-state index in [1.54, 1.807) is 0 Å². The Hall–Kier alpha value is -1.61. The molecule has 0 aromatic carbocycles. The monoisotopic (exact) mass is 334 g/mol. The first kappa shape index (κ1) is 18.4. The van der Waals surface area contributed by atoms with Gasteiger partial charge in [-0.05, 0) is 0 Å². The summed E-state index contributed by atoms with van der Waals surface area (Å²) < 4.78 is 20.4. The molecule has 0 bridgehead atoms. The Morgan fingerprint density at radius 3 is 2.05 bits per heavy atom. The van der Waals surface area contributed by atoms with Crippen molar-refractivity contribution in [2.24, 2.45) is 5.92 Å². The van der Waals surface area contributed by atoms with Gasteiger partial charge in [0.25, 0.3) is 0 Å². The number of ether oxygens (including phenoxy) is 4. The van der Waals surface area contributed by atoms with E-state index in [1.165, 1.54) is 20.8 Å². The normalized spacial score (nSPS) is 31.0. The second kappa shape index (κ2) is 8.14. The van der Waals surface area contributed by atoms with Crippen molar-refractivity contribution < 1.29 is 38.1 Å². The first-order valence-corrected chi connectivity index (χ1v) is 7.04. The summed E-state index contributed by atoms with van der Waals surface area (Å²) >= 11 is 4.14. The largest absolute Gasteiger partial charge is 0.463 e. The molecule has 0 aromatic rings. The molecule has 9 heteroatoms. The van der Waals surface area contributed by atoms with Crippen molar-refractivity contribution >= 4 is 36.8 Å². The Labute approximate surface area is 132 Å². The fraction of sp³-hybridized carbons (Fsp3) is 0.692. The van der Waals surface area contributed by atoms with Gasteiger partial charge in [0, 0.05) is 20.8 Å². The van der Waals surface area contributed by atoms with Crippen LogP contribution in [0.1, 0.15) is 20.8 Å². The van der Waals surface area contributed by atoms with Gasteiger partial charge in [-0.1, -0.05) is 0 Å². The molecule has 0 amide bonds. The smallest absolute Gasteiger partial charge is 0.303 e. The predicted molar refractivity (Wildman–Crippen MR) is 74.9 cm³/mol. The lowest BCUT2D eigenvalue weighted by atomic mass is 9.90. The fourth-order valence-electron chi connectivity index (χ4n) is 2.12. The number of carbonyl (C=O) groups excluding carboxylic acids is 4. The van der Waals surface area contributed by atoms with Crippen molar-refractivity contribution in [3.8, 4) is 0 Å². The zero-order valence-corrected chi connectivity index (χ0v) is 13.3. The number of carbonyl (C=O) groups is 4. The zero-order valence-electron chi connectivity index (χ0n) is 12.4. The van der Waals surface area contributed by atoms with Crippen LogP contribution in [0, 0.1) is 5.92 Å². The lowest BCUT2D eigenvalue weighted by molar-refractivity contribution is -0.210. The van der Waals surface area contributed by atoms with Gasteiger partial charge in [0.2, 0.25) is 0 Å². The molecule has 124 valence electrons. The van der Waals surface area contributed by atoms with Gasteiger partial charge >= 0.3 is 17.9 Å². The van der Waals surface area contributed by atoms with E-state index in [1.807, 2.05) is 0 Å². The summed E-state index contributed by atoms with van der Waals surface area (Å²) in [4.78, 5) is 44.7. The summed E-state index contributed by atoms with van der Waals surface area (Å²) in [5, 5.41) is 0. The summed E-state index contributed by atoms with van der Waals surface area (Å²) in [5.41, 5.74) is -0.925. The van der Waals surface area contributed by atoms with Crippen LogP contribution in [-0.4, -0.2) is 54.5 Å². The van der Waals surface area contributed by atoms with Gasteiger partial charge in [0.05, 0.1) is 5.92 Å². The minimum atomic E-state index is -1.05. The van der Waals surface area contributed by atoms with E-state index in [-0.39, 0.29) is 6.61 Å². The average molecular weight is 334 g/mol. The first-order valence-electron chi connectivity index (χ1n) is 6.53. The molecule has 8 nitrogen and oxygen atoms in total. The molecule has 0 N–H and O–H groups in total. The van der Waals surface area contributed by atoms with Crippen LogP contribution in [-0.2, 0) is 38.1 Å². The van der Waals surface area contributed by atoms with E-state index in [9.17, 15) is 19.2 Å². The molecule has 5 unspecified atom stereocenters. The highest BCUT2D eigenvalue weighted by atomic mass is 32.1. The van der Waals surface area contributed by atoms with E-state index in [4.69, 9.17) is 18.9 Å². The Balaban J connectivity index is 2.99. The third-order valence-electron chi connectivity index (χ3n) is 2.93. The topological polar surface area (TPSA) is 105 Å². The summed E-state index contributed by atoms with van der Waals surface area (Å²) in [7, 11) is 0.